The van der Waals surface area contributed by atoms with Crippen LogP contribution in [0, 0.1) is 5.92 Å². The van der Waals surface area contributed by atoms with E-state index in [4.69, 9.17) is 9.84 Å². The number of ether oxygens (including phenoxy) is 1. The van der Waals surface area contributed by atoms with Crippen molar-refractivity contribution in [2.75, 3.05) is 7.11 Å². The summed E-state index contributed by atoms with van der Waals surface area (Å²) in [7, 11) is 1.56. The van der Waals surface area contributed by atoms with Crippen molar-refractivity contribution in [3.8, 4) is 5.75 Å². The predicted molar refractivity (Wildman–Crippen MR) is 76.9 cm³/mol. The summed E-state index contributed by atoms with van der Waals surface area (Å²) in [5.41, 5.74) is 0.524. The molecule has 1 saturated carbocycles. The highest BCUT2D eigenvalue weighted by Gasteiger charge is 2.30. The largest absolute Gasteiger partial charge is 0.496 e. The Morgan fingerprint density at radius 2 is 2.15 bits per heavy atom. The first-order valence-electron chi connectivity index (χ1n) is 6.38. The van der Waals surface area contributed by atoms with Gasteiger partial charge in [-0.1, -0.05) is 0 Å². The molecule has 1 aromatic carbocycles. The highest BCUT2D eigenvalue weighted by Crippen LogP contribution is 2.27. The summed E-state index contributed by atoms with van der Waals surface area (Å²) in [5.74, 6) is -0.658. The first kappa shape index (κ1) is 14.8. The van der Waals surface area contributed by atoms with Crippen molar-refractivity contribution in [1.82, 2.24) is 5.32 Å². The molecule has 0 radical (unpaired) electrons. The number of methoxy groups -OCH3 is 1. The molecular weight excluding hydrogens is 326 g/mol. The molecule has 0 saturated heterocycles. The van der Waals surface area contributed by atoms with Crippen LogP contribution >= 0.6 is 15.9 Å². The van der Waals surface area contributed by atoms with E-state index < -0.39 is 5.97 Å². The lowest BCUT2D eigenvalue weighted by Crippen LogP contribution is -2.33. The van der Waals surface area contributed by atoms with Gasteiger partial charge >= 0.3 is 5.97 Å². The highest BCUT2D eigenvalue weighted by atomic mass is 79.9. The molecule has 2 atom stereocenters. The maximum absolute atomic E-state index is 12.1. The van der Waals surface area contributed by atoms with Gasteiger partial charge in [0.05, 0.1) is 17.5 Å². The zero-order valence-corrected chi connectivity index (χ0v) is 12.6. The number of carbonyl (C=O) groups excluding carboxylic acids is 1. The lowest BCUT2D eigenvalue weighted by atomic mass is 10.1. The third kappa shape index (κ3) is 3.30. The van der Waals surface area contributed by atoms with Crippen molar-refractivity contribution in [2.45, 2.75) is 25.3 Å². The molecule has 2 rings (SSSR count). The molecule has 2 unspecified atom stereocenters. The van der Waals surface area contributed by atoms with Gasteiger partial charge in [0, 0.05) is 11.6 Å². The van der Waals surface area contributed by atoms with E-state index in [9.17, 15) is 9.59 Å². The molecule has 0 spiro atoms. The monoisotopic (exact) mass is 341 g/mol. The van der Waals surface area contributed by atoms with E-state index in [1.54, 1.807) is 25.3 Å². The van der Waals surface area contributed by atoms with E-state index in [0.29, 0.717) is 35.0 Å². The lowest BCUT2D eigenvalue weighted by molar-refractivity contribution is -0.141. The number of amides is 1. The summed E-state index contributed by atoms with van der Waals surface area (Å²) >= 11 is 3.33. The smallest absolute Gasteiger partial charge is 0.306 e. The second-order valence-corrected chi connectivity index (χ2v) is 5.72. The van der Waals surface area contributed by atoms with Gasteiger partial charge in [0.15, 0.2) is 0 Å². The summed E-state index contributed by atoms with van der Waals surface area (Å²) in [5, 5.41) is 11.8. The molecular formula is C14H16BrNO4. The number of carbonyl (C=O) groups is 2. The Hall–Kier alpha value is -1.56. The fourth-order valence-corrected chi connectivity index (χ4v) is 2.95. The van der Waals surface area contributed by atoms with E-state index in [1.807, 2.05) is 0 Å². The first-order valence-corrected chi connectivity index (χ1v) is 7.17. The lowest BCUT2D eigenvalue weighted by Gasteiger charge is -2.13. The molecule has 5 nitrogen and oxygen atoms in total. The summed E-state index contributed by atoms with van der Waals surface area (Å²) in [6, 6.07) is 5.03. The van der Waals surface area contributed by atoms with Crippen molar-refractivity contribution in [1.29, 1.82) is 0 Å². The van der Waals surface area contributed by atoms with Crippen LogP contribution in [0.1, 0.15) is 29.6 Å². The summed E-state index contributed by atoms with van der Waals surface area (Å²) in [6.07, 6.45) is 1.82. The van der Waals surface area contributed by atoms with E-state index in [-0.39, 0.29) is 17.9 Å². The Morgan fingerprint density at radius 3 is 2.70 bits per heavy atom. The zero-order chi connectivity index (χ0) is 14.7. The normalized spacial score (nSPS) is 21.5. The van der Waals surface area contributed by atoms with Crippen LogP contribution < -0.4 is 10.1 Å². The van der Waals surface area contributed by atoms with Gasteiger partial charge in [-0.3, -0.25) is 9.59 Å². The van der Waals surface area contributed by atoms with Crippen LogP contribution in [0.5, 0.6) is 5.75 Å². The van der Waals surface area contributed by atoms with E-state index in [1.165, 1.54) is 0 Å². The Labute approximate surface area is 125 Å². The molecule has 2 N–H and O–H groups in total. The number of hydrogen-bond donors (Lipinski definition) is 2. The minimum atomic E-state index is -0.783. The standard InChI is InChI=1S/C14H16BrNO4/c1-20-12-5-3-8(7-11(12)15)13(17)16-10-4-2-9(6-10)14(18)19/h3,5,7,9-10H,2,4,6H2,1H3,(H,16,17)(H,18,19). The van der Waals surface area contributed by atoms with Gasteiger partial charge in [0.25, 0.3) is 5.91 Å². The molecule has 0 aromatic heterocycles. The molecule has 1 aliphatic carbocycles. The molecule has 1 aromatic rings. The van der Waals surface area contributed by atoms with Crippen LogP contribution in [0.3, 0.4) is 0 Å². The summed E-state index contributed by atoms with van der Waals surface area (Å²) in [4.78, 5) is 23.0. The highest BCUT2D eigenvalue weighted by molar-refractivity contribution is 9.10. The van der Waals surface area contributed by atoms with Gasteiger partial charge in [-0.05, 0) is 53.4 Å². The molecule has 0 aliphatic heterocycles. The second kappa shape index (κ2) is 6.26. The van der Waals surface area contributed by atoms with Crippen LogP contribution in [-0.4, -0.2) is 30.1 Å². The van der Waals surface area contributed by atoms with Crippen LogP contribution in [0.25, 0.3) is 0 Å². The SMILES string of the molecule is COc1ccc(C(=O)NC2CCC(C(=O)O)C2)cc1Br. The average molecular weight is 342 g/mol. The molecule has 20 heavy (non-hydrogen) atoms. The maximum Gasteiger partial charge on any atom is 0.306 e. The van der Waals surface area contributed by atoms with Crippen molar-refractivity contribution in [2.24, 2.45) is 5.92 Å². The minimum Gasteiger partial charge on any atom is -0.496 e. The molecule has 1 fully saturated rings. The van der Waals surface area contributed by atoms with Crippen molar-refractivity contribution in [3.05, 3.63) is 28.2 Å². The van der Waals surface area contributed by atoms with E-state index >= 15 is 0 Å². The molecule has 0 heterocycles. The Balaban J connectivity index is 1.99. The topological polar surface area (TPSA) is 75.6 Å². The number of aliphatic carboxylic acids is 1. The number of benzene rings is 1. The van der Waals surface area contributed by atoms with Crippen LogP contribution in [-0.2, 0) is 4.79 Å². The van der Waals surface area contributed by atoms with Crippen LogP contribution in [0.4, 0.5) is 0 Å². The van der Waals surface area contributed by atoms with Gasteiger partial charge in [0.1, 0.15) is 5.75 Å². The van der Waals surface area contributed by atoms with E-state index in [0.717, 1.165) is 0 Å². The molecule has 0 bridgehead atoms. The molecule has 6 heteroatoms. The van der Waals surface area contributed by atoms with Gasteiger partial charge in [0.2, 0.25) is 0 Å². The fourth-order valence-electron chi connectivity index (χ4n) is 2.41. The minimum absolute atomic E-state index is 0.0653. The van der Waals surface area contributed by atoms with Crippen molar-refractivity contribution in [3.63, 3.8) is 0 Å². The van der Waals surface area contributed by atoms with Gasteiger partial charge in [-0.2, -0.15) is 0 Å². The van der Waals surface area contributed by atoms with E-state index in [2.05, 4.69) is 21.2 Å². The third-order valence-electron chi connectivity index (χ3n) is 3.53. The molecule has 108 valence electrons. The average Bonchev–Trinajstić information content (AvgIpc) is 2.87. The van der Waals surface area contributed by atoms with Gasteiger partial charge < -0.3 is 15.2 Å². The number of rotatable bonds is 4. The van der Waals surface area contributed by atoms with Crippen LogP contribution in [0.2, 0.25) is 0 Å². The Kier molecular flexibility index (Phi) is 4.65. The number of carboxylic acid groups (broad SMARTS) is 1. The Bertz CT molecular complexity index is 532. The second-order valence-electron chi connectivity index (χ2n) is 4.87. The number of halogens is 1. The third-order valence-corrected chi connectivity index (χ3v) is 4.15. The predicted octanol–water partition coefficient (Wildman–Crippen LogP) is 2.44. The zero-order valence-electron chi connectivity index (χ0n) is 11.1. The first-order chi connectivity index (χ1) is 9.51. The summed E-state index contributed by atoms with van der Waals surface area (Å²) < 4.78 is 5.82. The van der Waals surface area contributed by atoms with Crippen LogP contribution in [0.15, 0.2) is 22.7 Å². The quantitative estimate of drug-likeness (QED) is 0.881. The van der Waals surface area contributed by atoms with Gasteiger partial charge in [-0.25, -0.2) is 0 Å². The molecule has 1 amide bonds. The number of hydrogen-bond acceptors (Lipinski definition) is 3. The Morgan fingerprint density at radius 1 is 1.40 bits per heavy atom. The fraction of sp³-hybridized carbons (Fsp3) is 0.429. The number of carboxylic acids is 1. The van der Waals surface area contributed by atoms with Crippen molar-refractivity contribution < 1.29 is 19.4 Å². The summed E-state index contributed by atoms with van der Waals surface area (Å²) in [6.45, 7) is 0. The maximum atomic E-state index is 12.1. The van der Waals surface area contributed by atoms with Crippen molar-refractivity contribution >= 4 is 27.8 Å². The van der Waals surface area contributed by atoms with Gasteiger partial charge in [-0.15, -0.1) is 0 Å². The molecule has 1 aliphatic rings. The number of nitrogens with one attached hydrogen (secondary N) is 1.